The molecule has 0 spiro atoms. The summed E-state index contributed by atoms with van der Waals surface area (Å²) in [6, 6.07) is 2.25. The van der Waals surface area contributed by atoms with Gasteiger partial charge in [-0.15, -0.1) is 4.73 Å². The molecule has 0 unspecified atom stereocenters. The fourth-order valence-corrected chi connectivity index (χ4v) is 1.08. The zero-order chi connectivity index (χ0) is 15.3. The van der Waals surface area contributed by atoms with E-state index in [-0.39, 0.29) is 0 Å². The lowest BCUT2D eigenvalue weighted by atomic mass is 10.2. The van der Waals surface area contributed by atoms with Crippen LogP contribution >= 0.6 is 0 Å². The molecule has 0 aliphatic carbocycles. The molecule has 0 aliphatic heterocycles. The Morgan fingerprint density at radius 3 is 2.30 bits per heavy atom. The van der Waals surface area contributed by atoms with Gasteiger partial charge in [-0.05, 0) is 20.8 Å². The van der Waals surface area contributed by atoms with Gasteiger partial charge in [0.2, 0.25) is 11.8 Å². The van der Waals surface area contributed by atoms with Crippen LogP contribution in [0.4, 0.5) is 4.79 Å². The molecule has 1 aromatic rings. The minimum Gasteiger partial charge on any atom is -0.492 e. The van der Waals surface area contributed by atoms with Gasteiger partial charge in [0.05, 0.1) is 0 Å². The van der Waals surface area contributed by atoms with Crippen LogP contribution < -0.4 is 10.3 Å². The van der Waals surface area contributed by atoms with Crippen LogP contribution in [0.5, 0.6) is 11.8 Å². The van der Waals surface area contributed by atoms with Crippen LogP contribution in [0.2, 0.25) is 0 Å². The third kappa shape index (κ3) is 5.06. The van der Waals surface area contributed by atoms with E-state index in [1.54, 1.807) is 20.8 Å². The van der Waals surface area contributed by atoms with Crippen molar-refractivity contribution in [1.82, 2.24) is 10.2 Å². The first kappa shape index (κ1) is 15.6. The zero-order valence-corrected chi connectivity index (χ0v) is 11.2. The molecule has 1 heterocycles. The van der Waals surface area contributed by atoms with Crippen molar-refractivity contribution in [2.75, 3.05) is 6.61 Å². The van der Waals surface area contributed by atoms with Crippen molar-refractivity contribution >= 4 is 12.1 Å². The summed E-state index contributed by atoms with van der Waals surface area (Å²) in [5.41, 5.74) is 1.18. The van der Waals surface area contributed by atoms with E-state index in [2.05, 4.69) is 9.68 Å². The van der Waals surface area contributed by atoms with Crippen LogP contribution in [0.3, 0.4) is 0 Å². The zero-order valence-electron chi connectivity index (χ0n) is 11.2. The topological polar surface area (TPSA) is 119 Å². The number of carbonyl (C=O) groups is 2. The molecule has 1 aromatic heterocycles. The van der Waals surface area contributed by atoms with Crippen LogP contribution in [0.1, 0.15) is 20.8 Å². The van der Waals surface area contributed by atoms with E-state index in [1.807, 2.05) is 5.48 Å². The number of carbonyl (C=O) groups excluding carboxylic acids is 2. The third-order valence-corrected chi connectivity index (χ3v) is 1.74. The lowest BCUT2D eigenvalue weighted by molar-refractivity contribution is -0.153. The predicted octanol–water partition coefficient (Wildman–Crippen LogP) is 0.311. The van der Waals surface area contributed by atoms with Crippen LogP contribution in [0.25, 0.3) is 0 Å². The van der Waals surface area contributed by atoms with Crippen molar-refractivity contribution in [2.45, 2.75) is 26.4 Å². The molecule has 0 bridgehead atoms. The van der Waals surface area contributed by atoms with Crippen LogP contribution in [0.15, 0.2) is 12.1 Å². The normalized spacial score (nSPS) is 10.9. The first-order valence-electron chi connectivity index (χ1n) is 5.60. The van der Waals surface area contributed by atoms with Gasteiger partial charge in [-0.25, -0.2) is 9.59 Å². The lowest BCUT2D eigenvalue weighted by Gasteiger charge is -2.19. The smallest absolute Gasteiger partial charge is 0.431 e. The Morgan fingerprint density at radius 2 is 1.80 bits per heavy atom. The maximum atomic E-state index is 11.3. The number of hydrogen-bond acceptors (Lipinski definition) is 7. The average molecular weight is 288 g/mol. The Hall–Kier alpha value is -2.42. The van der Waals surface area contributed by atoms with E-state index in [1.165, 1.54) is 0 Å². The molecule has 9 heteroatoms. The van der Waals surface area contributed by atoms with Crippen molar-refractivity contribution in [3.8, 4) is 11.8 Å². The molecule has 1 rings (SSSR count). The summed E-state index contributed by atoms with van der Waals surface area (Å²) < 4.78 is 5.35. The predicted molar refractivity (Wildman–Crippen MR) is 64.7 cm³/mol. The van der Waals surface area contributed by atoms with Gasteiger partial charge in [0, 0.05) is 12.1 Å². The number of nitrogens with one attached hydrogen (secondary N) is 1. The monoisotopic (exact) mass is 288 g/mol. The summed E-state index contributed by atoms with van der Waals surface area (Å²) >= 11 is 0. The number of hydroxylamine groups is 1. The minimum absolute atomic E-state index is 0.462. The Bertz CT molecular complexity index is 470. The highest BCUT2D eigenvalue weighted by atomic mass is 16.7. The number of nitrogens with zero attached hydrogens (tertiary/aromatic N) is 1. The van der Waals surface area contributed by atoms with Crippen LogP contribution in [-0.4, -0.2) is 39.2 Å². The summed E-state index contributed by atoms with van der Waals surface area (Å²) in [4.78, 5) is 31.6. The molecular formula is C11H16N2O7. The highest BCUT2D eigenvalue weighted by Gasteiger charge is 2.17. The number of aromatic hydroxyl groups is 2. The summed E-state index contributed by atoms with van der Waals surface area (Å²) in [5, 5.41) is 18.4. The SMILES string of the molecule is CC(C)(C)OC(=O)NOCC(=O)On1c(O)ccc1O. The maximum absolute atomic E-state index is 11.3. The molecule has 0 aromatic carbocycles. The molecule has 0 fully saturated rings. The lowest BCUT2D eigenvalue weighted by Crippen LogP contribution is -2.35. The summed E-state index contributed by atoms with van der Waals surface area (Å²) in [6.07, 6.45) is -0.864. The van der Waals surface area contributed by atoms with Crippen molar-refractivity contribution < 1.29 is 34.2 Å². The van der Waals surface area contributed by atoms with E-state index >= 15 is 0 Å². The van der Waals surface area contributed by atoms with Gasteiger partial charge in [0.15, 0.2) is 6.61 Å². The van der Waals surface area contributed by atoms with E-state index < -0.39 is 36.0 Å². The third-order valence-electron chi connectivity index (χ3n) is 1.74. The van der Waals surface area contributed by atoms with Gasteiger partial charge < -0.3 is 19.8 Å². The number of ether oxygens (including phenoxy) is 1. The van der Waals surface area contributed by atoms with E-state index in [9.17, 15) is 19.8 Å². The molecule has 20 heavy (non-hydrogen) atoms. The fraction of sp³-hybridized carbons (Fsp3) is 0.455. The highest BCUT2D eigenvalue weighted by Crippen LogP contribution is 2.18. The molecule has 0 saturated carbocycles. The quantitative estimate of drug-likeness (QED) is 0.682. The molecular weight excluding hydrogens is 272 g/mol. The first-order valence-corrected chi connectivity index (χ1v) is 5.60. The Balaban J connectivity index is 2.33. The molecule has 0 aliphatic rings. The van der Waals surface area contributed by atoms with Crippen molar-refractivity contribution in [2.24, 2.45) is 0 Å². The second-order valence-corrected chi connectivity index (χ2v) is 4.70. The molecule has 1 amide bonds. The second kappa shape index (κ2) is 6.15. The molecule has 112 valence electrons. The number of hydrogen-bond donors (Lipinski definition) is 3. The van der Waals surface area contributed by atoms with Gasteiger partial charge >= 0.3 is 12.1 Å². The largest absolute Gasteiger partial charge is 0.492 e. The van der Waals surface area contributed by atoms with Gasteiger partial charge in [0.25, 0.3) is 0 Å². The number of amides is 1. The minimum atomic E-state index is -0.956. The Morgan fingerprint density at radius 1 is 1.25 bits per heavy atom. The van der Waals surface area contributed by atoms with E-state index in [4.69, 9.17) is 4.74 Å². The molecule has 9 nitrogen and oxygen atoms in total. The van der Waals surface area contributed by atoms with Gasteiger partial charge in [-0.3, -0.25) is 4.84 Å². The van der Waals surface area contributed by atoms with Crippen molar-refractivity contribution in [1.29, 1.82) is 0 Å². The maximum Gasteiger partial charge on any atom is 0.431 e. The Labute approximate surface area is 114 Å². The van der Waals surface area contributed by atoms with Crippen LogP contribution in [-0.2, 0) is 14.4 Å². The van der Waals surface area contributed by atoms with Crippen molar-refractivity contribution in [3.63, 3.8) is 0 Å². The standard InChI is InChI=1S/C11H16N2O7/c1-11(2,3)19-10(17)12-18-6-9(16)20-13-7(14)4-5-8(13)15/h4-5,14-15H,6H2,1-3H3,(H,12,17). The highest BCUT2D eigenvalue weighted by molar-refractivity contribution is 5.72. The average Bonchev–Trinajstić information content (AvgIpc) is 2.58. The van der Waals surface area contributed by atoms with Gasteiger partial charge in [-0.1, -0.05) is 0 Å². The number of rotatable bonds is 4. The van der Waals surface area contributed by atoms with Gasteiger partial charge in [-0.2, -0.15) is 5.48 Å². The number of aromatic nitrogens is 1. The van der Waals surface area contributed by atoms with E-state index in [0.29, 0.717) is 4.73 Å². The molecule has 0 saturated heterocycles. The summed E-state index contributed by atoms with van der Waals surface area (Å²) in [7, 11) is 0. The fourth-order valence-electron chi connectivity index (χ4n) is 1.08. The van der Waals surface area contributed by atoms with E-state index in [0.717, 1.165) is 12.1 Å². The van der Waals surface area contributed by atoms with Gasteiger partial charge in [0.1, 0.15) is 5.60 Å². The summed E-state index contributed by atoms with van der Waals surface area (Å²) in [5.74, 6) is -1.88. The van der Waals surface area contributed by atoms with Crippen LogP contribution in [0, 0.1) is 0 Å². The first-order chi connectivity index (χ1) is 9.19. The Kier molecular flexibility index (Phi) is 4.81. The summed E-state index contributed by atoms with van der Waals surface area (Å²) in [6.45, 7) is 4.35. The second-order valence-electron chi connectivity index (χ2n) is 4.70. The molecule has 0 radical (unpaired) electrons. The van der Waals surface area contributed by atoms with Crippen molar-refractivity contribution in [3.05, 3.63) is 12.1 Å². The molecule has 3 N–H and O–H groups in total. The molecule has 0 atom stereocenters.